The monoisotopic (exact) mass is 424 g/mol. The molecule has 0 amide bonds. The lowest BCUT2D eigenvalue weighted by molar-refractivity contribution is 0.102. The number of hydrogen-bond donors (Lipinski definition) is 4. The zero-order valence-corrected chi connectivity index (χ0v) is 16.8. The second kappa shape index (κ2) is 8.12. The lowest BCUT2D eigenvalue weighted by Crippen LogP contribution is -2.11. The molecule has 2 aromatic rings. The van der Waals surface area contributed by atoms with Crippen LogP contribution in [0.15, 0.2) is 17.7 Å². The van der Waals surface area contributed by atoms with Crippen molar-refractivity contribution >= 4 is 35.3 Å². The van der Waals surface area contributed by atoms with Crippen LogP contribution in [0.25, 0.3) is 0 Å². The van der Waals surface area contributed by atoms with Gasteiger partial charge in [0.15, 0.2) is 6.29 Å². The first-order valence-corrected chi connectivity index (χ1v) is 8.88. The average Bonchev–Trinajstić information content (AvgIpc) is 2.63. The molecule has 0 aliphatic heterocycles. The summed E-state index contributed by atoms with van der Waals surface area (Å²) in [5.41, 5.74) is -0.317. The molecule has 4 N–H and O–H groups in total. The van der Waals surface area contributed by atoms with E-state index in [1.165, 1.54) is 6.92 Å². The van der Waals surface area contributed by atoms with E-state index in [1.54, 1.807) is 19.9 Å². The van der Waals surface area contributed by atoms with Crippen molar-refractivity contribution < 1.29 is 30.0 Å². The number of allylic oxidation sites excluding steroid dienone is 2. The largest absolute Gasteiger partial charge is 0.507 e. The third kappa shape index (κ3) is 3.66. The van der Waals surface area contributed by atoms with Gasteiger partial charge >= 0.3 is 0 Å². The summed E-state index contributed by atoms with van der Waals surface area (Å²) in [6, 6.07) is 0.948. The number of phenolic OH excluding ortho intramolecular Hbond substituents is 4. The number of carbonyl (C=O) groups excluding carboxylic acids is 2. The maximum atomic E-state index is 13.2. The molecule has 0 aliphatic carbocycles. The van der Waals surface area contributed by atoms with Crippen LogP contribution in [0.1, 0.15) is 51.3 Å². The highest BCUT2D eigenvalue weighted by atomic mass is 35.5. The highest BCUT2D eigenvalue weighted by molar-refractivity contribution is 6.39. The Kier molecular flexibility index (Phi) is 6.27. The van der Waals surface area contributed by atoms with Gasteiger partial charge in [-0.25, -0.2) is 0 Å². The van der Waals surface area contributed by atoms with Crippen molar-refractivity contribution in [1.82, 2.24) is 0 Å². The molecule has 28 heavy (non-hydrogen) atoms. The summed E-state index contributed by atoms with van der Waals surface area (Å²) in [4.78, 5) is 24.8. The molecule has 0 saturated carbocycles. The van der Waals surface area contributed by atoms with Crippen LogP contribution in [0.2, 0.25) is 10.0 Å². The van der Waals surface area contributed by atoms with Gasteiger partial charge in [0.05, 0.1) is 15.6 Å². The van der Waals surface area contributed by atoms with E-state index in [0.717, 1.165) is 11.6 Å². The summed E-state index contributed by atoms with van der Waals surface area (Å²) < 4.78 is 0. The minimum atomic E-state index is -1.02. The van der Waals surface area contributed by atoms with Crippen molar-refractivity contribution in [3.05, 3.63) is 55.6 Å². The third-order valence-electron chi connectivity index (χ3n) is 4.26. The highest BCUT2D eigenvalue weighted by Gasteiger charge is 2.30. The number of halogens is 2. The van der Waals surface area contributed by atoms with Gasteiger partial charge in [0.2, 0.25) is 5.78 Å². The number of aromatic hydroxyl groups is 4. The van der Waals surface area contributed by atoms with Crippen LogP contribution < -0.4 is 0 Å². The molecule has 0 spiro atoms. The lowest BCUT2D eigenvalue weighted by Gasteiger charge is -2.17. The van der Waals surface area contributed by atoms with Crippen molar-refractivity contribution in [2.75, 3.05) is 0 Å². The Morgan fingerprint density at radius 1 is 1.00 bits per heavy atom. The minimum Gasteiger partial charge on any atom is -0.507 e. The predicted octanol–water partition coefficient (Wildman–Crippen LogP) is 4.68. The molecule has 0 bridgehead atoms. The lowest BCUT2D eigenvalue weighted by atomic mass is 9.89. The molecule has 0 aromatic heterocycles. The van der Waals surface area contributed by atoms with Crippen LogP contribution in [0, 0.1) is 6.92 Å². The standard InChI is InChI=1S/C20H18Cl2O6/c1-8(2)4-5-10-12(24)6-13(25)11(7-23)14(10)18(26)15-19(27)16(21)9(3)17(22)20(15)28/h4,6-7,24-25,27-28H,5H2,1-3H3. The minimum absolute atomic E-state index is 0.0396. The zero-order valence-electron chi connectivity index (χ0n) is 15.3. The van der Waals surface area contributed by atoms with Crippen LogP contribution >= 0.6 is 23.2 Å². The molecule has 0 unspecified atom stereocenters. The summed E-state index contributed by atoms with van der Waals surface area (Å²) in [5, 5.41) is 40.5. The molecule has 0 heterocycles. The van der Waals surface area contributed by atoms with Crippen molar-refractivity contribution in [3.63, 3.8) is 0 Å². The van der Waals surface area contributed by atoms with E-state index in [4.69, 9.17) is 23.2 Å². The quantitative estimate of drug-likeness (QED) is 0.314. The van der Waals surface area contributed by atoms with Crippen LogP contribution in [0.4, 0.5) is 0 Å². The van der Waals surface area contributed by atoms with Crippen molar-refractivity contribution in [2.24, 2.45) is 0 Å². The molecule has 0 fully saturated rings. The summed E-state index contributed by atoms with van der Waals surface area (Å²) in [7, 11) is 0. The summed E-state index contributed by atoms with van der Waals surface area (Å²) >= 11 is 12.0. The zero-order chi connectivity index (χ0) is 21.3. The highest BCUT2D eigenvalue weighted by Crippen LogP contribution is 2.45. The van der Waals surface area contributed by atoms with Crippen molar-refractivity contribution in [1.29, 1.82) is 0 Å². The van der Waals surface area contributed by atoms with Crippen molar-refractivity contribution in [3.8, 4) is 23.0 Å². The fraction of sp³-hybridized carbons (Fsp3) is 0.200. The Morgan fingerprint density at radius 3 is 2.00 bits per heavy atom. The van der Waals surface area contributed by atoms with E-state index in [0.29, 0.717) is 0 Å². The molecule has 0 atom stereocenters. The average molecular weight is 425 g/mol. The molecular formula is C20H18Cl2O6. The Hall–Kier alpha value is -2.70. The summed E-state index contributed by atoms with van der Waals surface area (Å²) in [6.45, 7) is 5.04. The summed E-state index contributed by atoms with van der Waals surface area (Å²) in [6.07, 6.45) is 2.01. The van der Waals surface area contributed by atoms with Gasteiger partial charge in [0, 0.05) is 17.2 Å². The van der Waals surface area contributed by atoms with E-state index in [1.807, 2.05) is 0 Å². The molecule has 2 aromatic carbocycles. The molecule has 6 nitrogen and oxygen atoms in total. The van der Waals surface area contributed by atoms with Gasteiger partial charge in [0.1, 0.15) is 28.6 Å². The fourth-order valence-electron chi connectivity index (χ4n) is 2.73. The SMILES string of the molecule is CC(C)=CCc1c(O)cc(O)c(C=O)c1C(=O)c1c(O)c(Cl)c(C)c(Cl)c1O. The second-order valence-corrected chi connectivity index (χ2v) is 7.20. The van der Waals surface area contributed by atoms with Crippen LogP contribution in [0.3, 0.4) is 0 Å². The molecule has 148 valence electrons. The van der Waals surface area contributed by atoms with E-state index < -0.39 is 39.9 Å². The van der Waals surface area contributed by atoms with E-state index in [-0.39, 0.29) is 39.4 Å². The number of rotatable bonds is 5. The molecule has 0 aliphatic rings. The first-order chi connectivity index (χ1) is 13.0. The Morgan fingerprint density at radius 2 is 1.54 bits per heavy atom. The normalized spacial score (nSPS) is 10.6. The number of carbonyl (C=O) groups is 2. The number of hydrogen-bond acceptors (Lipinski definition) is 6. The van der Waals surface area contributed by atoms with Crippen LogP contribution in [-0.2, 0) is 6.42 Å². The first kappa shape index (κ1) is 21.6. The van der Waals surface area contributed by atoms with Crippen molar-refractivity contribution in [2.45, 2.75) is 27.2 Å². The maximum absolute atomic E-state index is 13.2. The van der Waals surface area contributed by atoms with Crippen LogP contribution in [0.5, 0.6) is 23.0 Å². The molecule has 0 saturated heterocycles. The van der Waals surface area contributed by atoms with Gasteiger partial charge in [-0.3, -0.25) is 9.59 Å². The van der Waals surface area contributed by atoms with Gasteiger partial charge < -0.3 is 20.4 Å². The number of benzene rings is 2. The number of ketones is 1. The summed E-state index contributed by atoms with van der Waals surface area (Å²) in [5.74, 6) is -3.52. The third-order valence-corrected chi connectivity index (χ3v) is 5.19. The topological polar surface area (TPSA) is 115 Å². The molecule has 0 radical (unpaired) electrons. The molecule has 8 heteroatoms. The van der Waals surface area contributed by atoms with E-state index in [2.05, 4.69) is 0 Å². The van der Waals surface area contributed by atoms with Gasteiger partial charge in [-0.05, 0) is 32.8 Å². The van der Waals surface area contributed by atoms with Gasteiger partial charge in [-0.15, -0.1) is 0 Å². The smallest absolute Gasteiger partial charge is 0.201 e. The predicted molar refractivity (Wildman–Crippen MR) is 106 cm³/mol. The van der Waals surface area contributed by atoms with Gasteiger partial charge in [-0.2, -0.15) is 0 Å². The molecular weight excluding hydrogens is 407 g/mol. The number of aldehydes is 1. The van der Waals surface area contributed by atoms with Crippen LogP contribution in [-0.4, -0.2) is 32.5 Å². The first-order valence-electron chi connectivity index (χ1n) is 8.13. The van der Waals surface area contributed by atoms with Gasteiger partial charge in [0.25, 0.3) is 0 Å². The van der Waals surface area contributed by atoms with E-state index >= 15 is 0 Å². The second-order valence-electron chi connectivity index (χ2n) is 6.44. The Labute approximate surface area is 171 Å². The fourth-order valence-corrected chi connectivity index (χ4v) is 3.15. The van der Waals surface area contributed by atoms with E-state index in [9.17, 15) is 30.0 Å². The maximum Gasteiger partial charge on any atom is 0.201 e. The number of phenols is 4. The van der Waals surface area contributed by atoms with Gasteiger partial charge in [-0.1, -0.05) is 34.9 Å². The Balaban J connectivity index is 2.90. The molecule has 2 rings (SSSR count). The Bertz CT molecular complexity index is 991.